The Labute approximate surface area is 129 Å². The number of carboxylic acid groups (broad SMARTS) is 1. The van der Waals surface area contributed by atoms with Gasteiger partial charge >= 0.3 is 5.97 Å². The summed E-state index contributed by atoms with van der Waals surface area (Å²) in [7, 11) is 0. The Morgan fingerprint density at radius 2 is 1.19 bits per heavy atom. The number of rotatable bonds is 15. The summed E-state index contributed by atoms with van der Waals surface area (Å²) in [6, 6.07) is 0. The van der Waals surface area contributed by atoms with Crippen molar-refractivity contribution in [1.29, 1.82) is 0 Å². The number of unbranched alkanes of at least 4 members (excludes halogenated alkanes) is 11. The molecule has 0 heterocycles. The summed E-state index contributed by atoms with van der Waals surface area (Å²) in [4.78, 5) is 10.8. The number of carbonyl (C=O) groups is 1. The molecule has 4 nitrogen and oxygen atoms in total. The molecular weight excluding hydrogens is 268 g/mol. The lowest BCUT2D eigenvalue weighted by Gasteiger charge is -2.20. The minimum atomic E-state index is -1.95. The molecule has 0 radical (unpaired) electrons. The Morgan fingerprint density at radius 1 is 0.810 bits per heavy atom. The van der Waals surface area contributed by atoms with Gasteiger partial charge in [0.05, 0.1) is 6.61 Å². The first kappa shape index (κ1) is 20.4. The van der Waals surface area contributed by atoms with Gasteiger partial charge in [0.25, 0.3) is 0 Å². The zero-order chi connectivity index (χ0) is 16.0. The quantitative estimate of drug-likeness (QED) is 0.401. The molecule has 4 heteroatoms. The minimum Gasteiger partial charge on any atom is -0.479 e. The lowest BCUT2D eigenvalue weighted by Crippen LogP contribution is -2.42. The summed E-state index contributed by atoms with van der Waals surface area (Å²) in [5.74, 6) is -1.33. The third-order valence-corrected chi connectivity index (χ3v) is 4.10. The first-order chi connectivity index (χ1) is 10.1. The van der Waals surface area contributed by atoms with Crippen LogP contribution in [0.1, 0.15) is 90.4 Å². The molecule has 0 bridgehead atoms. The van der Waals surface area contributed by atoms with E-state index in [2.05, 4.69) is 6.92 Å². The van der Waals surface area contributed by atoms with E-state index < -0.39 is 18.2 Å². The Balaban J connectivity index is 3.31. The Bertz CT molecular complexity index is 255. The fraction of sp³-hybridized carbons (Fsp3) is 0.941. The standard InChI is InChI=1S/C17H34O4/c1-2-3-4-5-6-7-8-9-10-11-12-13-14-17(21,15-18)16(19)20/h18,21H,2-15H2,1H3,(H,19,20). The van der Waals surface area contributed by atoms with E-state index in [1.165, 1.54) is 57.8 Å². The van der Waals surface area contributed by atoms with Crippen molar-refractivity contribution in [3.63, 3.8) is 0 Å². The van der Waals surface area contributed by atoms with Gasteiger partial charge in [-0.3, -0.25) is 0 Å². The maximum atomic E-state index is 10.8. The van der Waals surface area contributed by atoms with E-state index in [1.54, 1.807) is 0 Å². The average molecular weight is 302 g/mol. The van der Waals surface area contributed by atoms with Crippen molar-refractivity contribution in [2.24, 2.45) is 0 Å². The molecule has 1 atom stereocenters. The highest BCUT2D eigenvalue weighted by Crippen LogP contribution is 2.17. The summed E-state index contributed by atoms with van der Waals surface area (Å²) in [5, 5.41) is 27.3. The number of hydrogen-bond donors (Lipinski definition) is 3. The zero-order valence-electron chi connectivity index (χ0n) is 13.6. The van der Waals surface area contributed by atoms with Crippen LogP contribution in [-0.4, -0.2) is 33.5 Å². The molecule has 1 unspecified atom stereocenters. The van der Waals surface area contributed by atoms with Crippen molar-refractivity contribution in [1.82, 2.24) is 0 Å². The molecule has 0 aliphatic carbocycles. The third-order valence-electron chi connectivity index (χ3n) is 4.10. The zero-order valence-corrected chi connectivity index (χ0v) is 13.6. The topological polar surface area (TPSA) is 77.8 Å². The van der Waals surface area contributed by atoms with Crippen molar-refractivity contribution in [2.45, 2.75) is 96.0 Å². The van der Waals surface area contributed by atoms with Crippen LogP contribution in [0.2, 0.25) is 0 Å². The maximum Gasteiger partial charge on any atom is 0.338 e. The van der Waals surface area contributed by atoms with Crippen LogP contribution in [0.15, 0.2) is 0 Å². The van der Waals surface area contributed by atoms with Crippen LogP contribution in [0.3, 0.4) is 0 Å². The largest absolute Gasteiger partial charge is 0.479 e. The maximum absolute atomic E-state index is 10.8. The second-order valence-corrected chi connectivity index (χ2v) is 6.13. The van der Waals surface area contributed by atoms with Crippen LogP contribution >= 0.6 is 0 Å². The predicted octanol–water partition coefficient (Wildman–Crippen LogP) is 3.89. The highest BCUT2D eigenvalue weighted by Gasteiger charge is 2.34. The van der Waals surface area contributed by atoms with E-state index in [0.29, 0.717) is 6.42 Å². The van der Waals surface area contributed by atoms with Gasteiger partial charge in [-0.05, 0) is 12.8 Å². The predicted molar refractivity (Wildman–Crippen MR) is 85.4 cm³/mol. The third kappa shape index (κ3) is 10.7. The molecule has 3 N–H and O–H groups in total. The summed E-state index contributed by atoms with van der Waals surface area (Å²) in [5.41, 5.74) is -1.95. The Kier molecular flexibility index (Phi) is 12.7. The van der Waals surface area contributed by atoms with Crippen LogP contribution < -0.4 is 0 Å². The highest BCUT2D eigenvalue weighted by molar-refractivity contribution is 5.77. The monoisotopic (exact) mass is 302 g/mol. The van der Waals surface area contributed by atoms with E-state index >= 15 is 0 Å². The number of aliphatic hydroxyl groups is 2. The number of hydrogen-bond acceptors (Lipinski definition) is 3. The molecule has 0 aliphatic heterocycles. The van der Waals surface area contributed by atoms with Gasteiger partial charge in [-0.1, -0.05) is 77.6 Å². The lowest BCUT2D eigenvalue weighted by molar-refractivity contribution is -0.163. The molecular formula is C17H34O4. The Morgan fingerprint density at radius 3 is 1.52 bits per heavy atom. The van der Waals surface area contributed by atoms with Crippen LogP contribution in [0, 0.1) is 0 Å². The molecule has 0 aliphatic rings. The molecule has 0 spiro atoms. The molecule has 0 aromatic heterocycles. The van der Waals surface area contributed by atoms with Gasteiger partial charge in [-0.15, -0.1) is 0 Å². The van der Waals surface area contributed by atoms with Crippen molar-refractivity contribution in [3.05, 3.63) is 0 Å². The lowest BCUT2D eigenvalue weighted by atomic mass is 9.96. The van der Waals surface area contributed by atoms with E-state index in [-0.39, 0.29) is 6.42 Å². The van der Waals surface area contributed by atoms with Crippen LogP contribution in [0.4, 0.5) is 0 Å². The van der Waals surface area contributed by atoms with Gasteiger partial charge in [0, 0.05) is 0 Å². The van der Waals surface area contributed by atoms with E-state index in [0.717, 1.165) is 12.8 Å². The summed E-state index contributed by atoms with van der Waals surface area (Å²) >= 11 is 0. The number of aliphatic hydroxyl groups excluding tert-OH is 1. The number of carboxylic acids is 1. The molecule has 126 valence electrons. The molecule has 0 saturated heterocycles. The summed E-state index contributed by atoms with van der Waals surface area (Å²) < 4.78 is 0. The Hall–Kier alpha value is -0.610. The summed E-state index contributed by atoms with van der Waals surface area (Å²) in [6.07, 6.45) is 14.6. The van der Waals surface area contributed by atoms with Crippen molar-refractivity contribution in [3.8, 4) is 0 Å². The van der Waals surface area contributed by atoms with Crippen LogP contribution in [0.25, 0.3) is 0 Å². The SMILES string of the molecule is CCCCCCCCCCCCCCC(O)(CO)C(=O)O. The van der Waals surface area contributed by atoms with Gasteiger partial charge < -0.3 is 15.3 Å². The molecule has 21 heavy (non-hydrogen) atoms. The van der Waals surface area contributed by atoms with Crippen LogP contribution in [0.5, 0.6) is 0 Å². The van der Waals surface area contributed by atoms with Crippen LogP contribution in [-0.2, 0) is 4.79 Å². The molecule has 0 amide bonds. The van der Waals surface area contributed by atoms with Gasteiger partial charge in [-0.25, -0.2) is 4.79 Å². The smallest absolute Gasteiger partial charge is 0.338 e. The van der Waals surface area contributed by atoms with Gasteiger partial charge in [0.1, 0.15) is 0 Å². The van der Waals surface area contributed by atoms with Gasteiger partial charge in [0.2, 0.25) is 0 Å². The first-order valence-corrected chi connectivity index (χ1v) is 8.63. The van der Waals surface area contributed by atoms with Crippen molar-refractivity contribution in [2.75, 3.05) is 6.61 Å². The minimum absolute atomic E-state index is 0.135. The highest BCUT2D eigenvalue weighted by atomic mass is 16.4. The van der Waals surface area contributed by atoms with E-state index in [9.17, 15) is 9.90 Å². The van der Waals surface area contributed by atoms with Gasteiger partial charge in [0.15, 0.2) is 5.60 Å². The average Bonchev–Trinajstić information content (AvgIpc) is 2.47. The summed E-state index contributed by atoms with van der Waals surface area (Å²) in [6.45, 7) is 1.53. The molecule has 0 saturated carbocycles. The molecule has 0 fully saturated rings. The molecule has 0 aromatic carbocycles. The second-order valence-electron chi connectivity index (χ2n) is 6.13. The fourth-order valence-electron chi connectivity index (χ4n) is 2.51. The first-order valence-electron chi connectivity index (χ1n) is 8.63. The van der Waals surface area contributed by atoms with E-state index in [4.69, 9.17) is 10.2 Å². The molecule has 0 rings (SSSR count). The second kappa shape index (κ2) is 13.1. The van der Waals surface area contributed by atoms with Crippen molar-refractivity contribution >= 4 is 5.97 Å². The van der Waals surface area contributed by atoms with Gasteiger partial charge in [-0.2, -0.15) is 0 Å². The van der Waals surface area contributed by atoms with Crippen molar-refractivity contribution < 1.29 is 20.1 Å². The normalized spacial score (nSPS) is 14.0. The molecule has 0 aromatic rings. The number of aliphatic carboxylic acids is 1. The fourth-order valence-corrected chi connectivity index (χ4v) is 2.51. The van der Waals surface area contributed by atoms with E-state index in [1.807, 2.05) is 0 Å².